The molecule has 3 rings (SSSR count). The van der Waals surface area contributed by atoms with Gasteiger partial charge in [0.1, 0.15) is 23.7 Å². The molecule has 32 heavy (non-hydrogen) atoms. The van der Waals surface area contributed by atoms with Gasteiger partial charge in [-0.25, -0.2) is 9.78 Å². The summed E-state index contributed by atoms with van der Waals surface area (Å²) in [7, 11) is 2.84. The van der Waals surface area contributed by atoms with Crippen molar-refractivity contribution in [1.29, 1.82) is 0 Å². The van der Waals surface area contributed by atoms with Crippen molar-refractivity contribution in [2.75, 3.05) is 19.5 Å². The molecule has 0 bridgehead atoms. The molecule has 0 unspecified atom stereocenters. The van der Waals surface area contributed by atoms with E-state index in [9.17, 15) is 9.59 Å². The van der Waals surface area contributed by atoms with E-state index in [0.717, 1.165) is 5.56 Å². The maximum Gasteiger partial charge on any atom is 0.326 e. The predicted molar refractivity (Wildman–Crippen MR) is 121 cm³/mol. The van der Waals surface area contributed by atoms with Gasteiger partial charge in [-0.05, 0) is 35.9 Å². The number of carbonyl (C=O) groups excluding carboxylic acids is 2. The van der Waals surface area contributed by atoms with E-state index in [4.69, 9.17) is 37.4 Å². The fraction of sp³-hybridized carbons (Fsp3) is 0.136. The van der Waals surface area contributed by atoms with Crippen LogP contribution < -0.4 is 24.8 Å². The monoisotopic (exact) mass is 475 g/mol. The van der Waals surface area contributed by atoms with Gasteiger partial charge in [0.15, 0.2) is 0 Å². The van der Waals surface area contributed by atoms with Crippen molar-refractivity contribution in [1.82, 2.24) is 10.3 Å². The summed E-state index contributed by atoms with van der Waals surface area (Å²) in [5.41, 5.74) is 1.30. The Morgan fingerprint density at radius 1 is 0.969 bits per heavy atom. The van der Waals surface area contributed by atoms with Crippen LogP contribution in [0.2, 0.25) is 10.0 Å². The Labute approximate surface area is 194 Å². The van der Waals surface area contributed by atoms with Crippen LogP contribution in [0.25, 0.3) is 0 Å². The molecule has 0 fully saturated rings. The number of urea groups is 1. The van der Waals surface area contributed by atoms with Crippen LogP contribution >= 0.6 is 23.2 Å². The highest BCUT2D eigenvalue weighted by atomic mass is 35.5. The van der Waals surface area contributed by atoms with Crippen LogP contribution in [0.15, 0.2) is 54.7 Å². The van der Waals surface area contributed by atoms with E-state index in [1.165, 1.54) is 20.4 Å². The van der Waals surface area contributed by atoms with Crippen LogP contribution in [0.5, 0.6) is 17.4 Å². The minimum atomic E-state index is -0.741. The maximum atomic E-state index is 12.5. The molecule has 3 amide bonds. The molecule has 8 nitrogen and oxygen atoms in total. The van der Waals surface area contributed by atoms with Gasteiger partial charge in [0.05, 0.1) is 36.1 Å². The van der Waals surface area contributed by atoms with Gasteiger partial charge >= 0.3 is 6.03 Å². The van der Waals surface area contributed by atoms with Gasteiger partial charge in [-0.2, -0.15) is 0 Å². The highest BCUT2D eigenvalue weighted by Gasteiger charge is 2.20. The molecule has 2 N–H and O–H groups in total. The van der Waals surface area contributed by atoms with Crippen molar-refractivity contribution in [3.05, 3.63) is 75.9 Å². The van der Waals surface area contributed by atoms with E-state index >= 15 is 0 Å². The zero-order valence-electron chi connectivity index (χ0n) is 17.1. The average molecular weight is 476 g/mol. The fourth-order valence-corrected chi connectivity index (χ4v) is 3.05. The van der Waals surface area contributed by atoms with Gasteiger partial charge < -0.3 is 19.5 Å². The second-order valence-electron chi connectivity index (χ2n) is 6.37. The maximum absolute atomic E-state index is 12.5. The quantitative estimate of drug-likeness (QED) is 0.501. The van der Waals surface area contributed by atoms with Crippen molar-refractivity contribution in [3.63, 3.8) is 0 Å². The lowest BCUT2D eigenvalue weighted by Crippen LogP contribution is -2.34. The third-order valence-electron chi connectivity index (χ3n) is 4.25. The summed E-state index contributed by atoms with van der Waals surface area (Å²) < 4.78 is 16.0. The van der Waals surface area contributed by atoms with E-state index in [1.807, 2.05) is 0 Å². The highest BCUT2D eigenvalue weighted by Crippen LogP contribution is 2.28. The first-order valence-corrected chi connectivity index (χ1v) is 10.0. The molecule has 0 saturated carbocycles. The van der Waals surface area contributed by atoms with Crippen LogP contribution in [0.3, 0.4) is 0 Å². The minimum absolute atomic E-state index is 0.108. The van der Waals surface area contributed by atoms with Gasteiger partial charge in [0.2, 0.25) is 5.88 Å². The third-order valence-corrected chi connectivity index (χ3v) is 4.99. The first kappa shape index (κ1) is 23.2. The standard InChI is InChI=1S/C22H19Cl2N3O5/c1-30-17-4-3-5-18(31-2)20(17)21(28)27-22(29)26-14-7-9-19(25-11-14)32-12-13-6-8-15(23)16(24)10-13/h3-11H,12H2,1-2H3,(H2,26,27,28,29). The number of nitrogens with zero attached hydrogens (tertiary/aromatic N) is 1. The molecule has 0 atom stereocenters. The molecule has 1 aromatic heterocycles. The number of pyridine rings is 1. The highest BCUT2D eigenvalue weighted by molar-refractivity contribution is 6.42. The van der Waals surface area contributed by atoms with Crippen molar-refractivity contribution in [3.8, 4) is 17.4 Å². The SMILES string of the molecule is COc1cccc(OC)c1C(=O)NC(=O)Nc1ccc(OCc2ccc(Cl)c(Cl)c2)nc1. The third kappa shape index (κ3) is 5.81. The molecule has 0 spiro atoms. The Morgan fingerprint density at radius 2 is 1.69 bits per heavy atom. The second-order valence-corrected chi connectivity index (χ2v) is 7.18. The molecular weight excluding hydrogens is 457 g/mol. The topological polar surface area (TPSA) is 98.8 Å². The Bertz CT molecular complexity index is 1100. The van der Waals surface area contributed by atoms with Gasteiger partial charge in [-0.1, -0.05) is 35.3 Å². The summed E-state index contributed by atoms with van der Waals surface area (Å²) in [6, 6.07) is 12.5. The molecule has 0 saturated heterocycles. The smallest absolute Gasteiger partial charge is 0.326 e. The number of hydrogen-bond donors (Lipinski definition) is 2. The van der Waals surface area contributed by atoms with Crippen molar-refractivity contribution in [2.24, 2.45) is 0 Å². The number of ether oxygens (including phenoxy) is 3. The van der Waals surface area contributed by atoms with E-state index in [-0.39, 0.29) is 23.7 Å². The largest absolute Gasteiger partial charge is 0.496 e. The normalized spacial score (nSPS) is 10.2. The summed E-state index contributed by atoms with van der Waals surface area (Å²) >= 11 is 11.9. The number of rotatable bonds is 7. The zero-order valence-corrected chi connectivity index (χ0v) is 18.7. The van der Waals surface area contributed by atoms with Crippen LogP contribution in [0, 0.1) is 0 Å². The van der Waals surface area contributed by atoms with Gasteiger partial charge in [-0.3, -0.25) is 10.1 Å². The van der Waals surface area contributed by atoms with Gasteiger partial charge in [0, 0.05) is 6.07 Å². The van der Waals surface area contributed by atoms with Crippen LogP contribution in [0.1, 0.15) is 15.9 Å². The first-order chi connectivity index (χ1) is 15.4. The molecular formula is C22H19Cl2N3O5. The summed E-state index contributed by atoms with van der Waals surface area (Å²) in [4.78, 5) is 28.9. The van der Waals surface area contributed by atoms with Crippen LogP contribution in [-0.2, 0) is 6.61 Å². The number of aromatic nitrogens is 1. The number of methoxy groups -OCH3 is 2. The summed E-state index contributed by atoms with van der Waals surface area (Å²) in [6.07, 6.45) is 1.40. The Kier molecular flexibility index (Phi) is 7.75. The summed E-state index contributed by atoms with van der Waals surface area (Å²) in [6.45, 7) is 0.242. The van der Waals surface area contributed by atoms with Crippen molar-refractivity contribution < 1.29 is 23.8 Å². The van der Waals surface area contributed by atoms with Crippen molar-refractivity contribution in [2.45, 2.75) is 6.61 Å². The average Bonchev–Trinajstić information content (AvgIpc) is 2.80. The number of nitrogens with one attached hydrogen (secondary N) is 2. The van der Waals surface area contributed by atoms with Crippen LogP contribution in [0.4, 0.5) is 10.5 Å². The molecule has 2 aromatic carbocycles. The number of imide groups is 1. The summed E-state index contributed by atoms with van der Waals surface area (Å²) in [5, 5.41) is 5.66. The van der Waals surface area contributed by atoms with E-state index in [1.54, 1.807) is 48.5 Å². The lowest BCUT2D eigenvalue weighted by molar-refractivity contribution is 0.0961. The van der Waals surface area contributed by atoms with Crippen molar-refractivity contribution >= 4 is 40.8 Å². The van der Waals surface area contributed by atoms with Gasteiger partial charge in [-0.15, -0.1) is 0 Å². The molecule has 3 aromatic rings. The van der Waals surface area contributed by atoms with E-state index < -0.39 is 11.9 Å². The number of anilines is 1. The molecule has 0 aliphatic heterocycles. The molecule has 10 heteroatoms. The number of carbonyl (C=O) groups is 2. The number of halogens is 2. The first-order valence-electron chi connectivity index (χ1n) is 9.27. The fourth-order valence-electron chi connectivity index (χ4n) is 2.73. The van der Waals surface area contributed by atoms with E-state index in [0.29, 0.717) is 21.6 Å². The molecule has 166 valence electrons. The molecule has 0 aliphatic carbocycles. The second kappa shape index (κ2) is 10.7. The Balaban J connectivity index is 1.58. The van der Waals surface area contributed by atoms with Crippen LogP contribution in [-0.4, -0.2) is 31.1 Å². The van der Waals surface area contributed by atoms with Gasteiger partial charge in [0.25, 0.3) is 5.91 Å². The Hall–Kier alpha value is -3.49. The lowest BCUT2D eigenvalue weighted by atomic mass is 10.1. The zero-order chi connectivity index (χ0) is 23.1. The Morgan fingerprint density at radius 3 is 2.28 bits per heavy atom. The molecule has 1 heterocycles. The lowest BCUT2D eigenvalue weighted by Gasteiger charge is -2.13. The number of amides is 3. The predicted octanol–water partition coefficient (Wildman–Crippen LogP) is 4.95. The summed E-state index contributed by atoms with van der Waals surface area (Å²) in [5.74, 6) is 0.225. The molecule has 0 aliphatic rings. The minimum Gasteiger partial charge on any atom is -0.496 e. The van der Waals surface area contributed by atoms with E-state index in [2.05, 4.69) is 15.6 Å². The number of benzene rings is 2. The molecule has 0 radical (unpaired) electrons. The number of hydrogen-bond acceptors (Lipinski definition) is 6.